The Morgan fingerprint density at radius 2 is 2.18 bits per heavy atom. The van der Waals surface area contributed by atoms with Crippen molar-refractivity contribution in [2.75, 3.05) is 6.61 Å². The zero-order valence-electron chi connectivity index (χ0n) is 11.1. The predicted molar refractivity (Wildman–Crippen MR) is 64.7 cm³/mol. The van der Waals surface area contributed by atoms with E-state index < -0.39 is 0 Å². The van der Waals surface area contributed by atoms with Crippen LogP contribution in [0.3, 0.4) is 0 Å². The van der Waals surface area contributed by atoms with E-state index in [2.05, 4.69) is 24.2 Å². The number of aromatic nitrogens is 3. The average Bonchev–Trinajstić information content (AvgIpc) is 2.61. The van der Waals surface area contributed by atoms with Gasteiger partial charge in [-0.1, -0.05) is 19.1 Å². The van der Waals surface area contributed by atoms with E-state index >= 15 is 0 Å². The van der Waals surface area contributed by atoms with Crippen molar-refractivity contribution in [3.63, 3.8) is 0 Å². The zero-order valence-corrected chi connectivity index (χ0v) is 11.1. The molecule has 0 unspecified atom stereocenters. The Hall–Kier alpha value is -1.39. The van der Waals surface area contributed by atoms with Crippen molar-refractivity contribution in [1.29, 1.82) is 0 Å². The van der Waals surface area contributed by atoms with Crippen LogP contribution < -0.4 is 0 Å². The molecule has 0 aromatic carbocycles. The van der Waals surface area contributed by atoms with Crippen LogP contribution in [0.1, 0.15) is 50.9 Å². The van der Waals surface area contributed by atoms with Crippen molar-refractivity contribution in [1.82, 2.24) is 15.0 Å². The highest BCUT2D eigenvalue weighted by Crippen LogP contribution is 2.15. The first-order valence-electron chi connectivity index (χ1n) is 6.11. The highest BCUT2D eigenvalue weighted by molar-refractivity contribution is 5.69. The van der Waals surface area contributed by atoms with Crippen LogP contribution in [0, 0.1) is 6.92 Å². The van der Waals surface area contributed by atoms with E-state index in [9.17, 15) is 4.79 Å². The maximum atomic E-state index is 11.2. The summed E-state index contributed by atoms with van der Waals surface area (Å²) in [6, 6.07) is 0. The molecular formula is C12H21N3O2. The van der Waals surface area contributed by atoms with Crippen molar-refractivity contribution >= 4 is 5.97 Å². The minimum absolute atomic E-state index is 0.144. The van der Waals surface area contributed by atoms with Crippen molar-refractivity contribution in [3.8, 4) is 0 Å². The van der Waals surface area contributed by atoms with E-state index in [-0.39, 0.29) is 5.97 Å². The van der Waals surface area contributed by atoms with Gasteiger partial charge < -0.3 is 4.74 Å². The summed E-state index contributed by atoms with van der Waals surface area (Å²) >= 11 is 0. The van der Waals surface area contributed by atoms with Crippen molar-refractivity contribution in [2.45, 2.75) is 53.0 Å². The van der Waals surface area contributed by atoms with Gasteiger partial charge in [0.1, 0.15) is 0 Å². The fraction of sp³-hybridized carbons (Fsp3) is 0.750. The van der Waals surface area contributed by atoms with Gasteiger partial charge >= 0.3 is 5.97 Å². The van der Waals surface area contributed by atoms with Gasteiger partial charge in [0.25, 0.3) is 0 Å². The molecule has 5 heteroatoms. The molecule has 0 aliphatic heterocycles. The van der Waals surface area contributed by atoms with Gasteiger partial charge in [-0.15, -0.1) is 5.10 Å². The summed E-state index contributed by atoms with van der Waals surface area (Å²) < 4.78 is 6.72. The highest BCUT2D eigenvalue weighted by Gasteiger charge is 2.11. The fourth-order valence-electron chi connectivity index (χ4n) is 1.73. The summed E-state index contributed by atoms with van der Waals surface area (Å²) in [5.74, 6) is 0.239. The van der Waals surface area contributed by atoms with Gasteiger partial charge in [-0.05, 0) is 26.2 Å². The number of nitrogens with zero attached hydrogens (tertiary/aromatic N) is 3. The first-order valence-corrected chi connectivity index (χ1v) is 6.11. The molecule has 0 spiro atoms. The predicted octanol–water partition coefficient (Wildman–Crippen LogP) is 2.05. The Balaban J connectivity index is 2.45. The van der Waals surface area contributed by atoms with Crippen LogP contribution in [0.25, 0.3) is 0 Å². The number of hydrogen-bond donors (Lipinski definition) is 0. The standard InChI is InChI=1S/C12H21N3O2/c1-5-17-11(16)7-6-8-15-10(4)12(9(2)3)13-14-15/h9H,5-8H2,1-4H3. The highest BCUT2D eigenvalue weighted by atomic mass is 16.5. The lowest BCUT2D eigenvalue weighted by molar-refractivity contribution is -0.143. The molecule has 0 N–H and O–H groups in total. The third-order valence-corrected chi connectivity index (χ3v) is 2.62. The van der Waals surface area contributed by atoms with Gasteiger partial charge in [0, 0.05) is 13.0 Å². The molecular weight excluding hydrogens is 218 g/mol. The molecule has 0 amide bonds. The van der Waals surface area contributed by atoms with Crippen LogP contribution in [-0.4, -0.2) is 27.6 Å². The monoisotopic (exact) mass is 239 g/mol. The van der Waals surface area contributed by atoms with Crippen LogP contribution in [0.15, 0.2) is 0 Å². The quantitative estimate of drug-likeness (QED) is 0.713. The summed E-state index contributed by atoms with van der Waals surface area (Å²) in [5.41, 5.74) is 2.12. The molecule has 0 saturated heterocycles. The first kappa shape index (κ1) is 13.7. The number of hydrogen-bond acceptors (Lipinski definition) is 4. The number of rotatable bonds is 6. The Bertz CT molecular complexity index is 372. The van der Waals surface area contributed by atoms with Gasteiger partial charge in [-0.3, -0.25) is 4.79 Å². The zero-order chi connectivity index (χ0) is 12.8. The maximum Gasteiger partial charge on any atom is 0.305 e. The molecule has 0 saturated carbocycles. The summed E-state index contributed by atoms with van der Waals surface area (Å²) in [5, 5.41) is 8.24. The maximum absolute atomic E-state index is 11.2. The SMILES string of the molecule is CCOC(=O)CCCn1nnc(C(C)C)c1C. The van der Waals surface area contributed by atoms with E-state index in [1.54, 1.807) is 0 Å². The van der Waals surface area contributed by atoms with E-state index in [1.807, 2.05) is 18.5 Å². The van der Waals surface area contributed by atoms with Crippen molar-refractivity contribution < 1.29 is 9.53 Å². The Morgan fingerprint density at radius 1 is 1.47 bits per heavy atom. The third-order valence-electron chi connectivity index (χ3n) is 2.62. The third kappa shape index (κ3) is 3.84. The molecule has 1 rings (SSSR count). The van der Waals surface area contributed by atoms with Gasteiger partial charge in [-0.25, -0.2) is 4.68 Å². The van der Waals surface area contributed by atoms with Gasteiger partial charge in [-0.2, -0.15) is 0 Å². The number of carbonyl (C=O) groups is 1. The summed E-state index contributed by atoms with van der Waals surface area (Å²) in [6.45, 7) is 9.18. The topological polar surface area (TPSA) is 57.0 Å². The summed E-state index contributed by atoms with van der Waals surface area (Å²) in [4.78, 5) is 11.2. The van der Waals surface area contributed by atoms with Crippen LogP contribution in [0.5, 0.6) is 0 Å². The molecule has 5 nitrogen and oxygen atoms in total. The minimum Gasteiger partial charge on any atom is -0.466 e. The van der Waals surface area contributed by atoms with E-state index in [4.69, 9.17) is 4.74 Å². The van der Waals surface area contributed by atoms with E-state index in [0.29, 0.717) is 25.5 Å². The lowest BCUT2D eigenvalue weighted by Crippen LogP contribution is -2.08. The molecule has 0 fully saturated rings. The molecule has 0 bridgehead atoms. The minimum atomic E-state index is -0.144. The Kier molecular flexibility index (Phi) is 5.12. The van der Waals surface area contributed by atoms with Gasteiger partial charge in [0.2, 0.25) is 0 Å². The molecule has 17 heavy (non-hydrogen) atoms. The average molecular weight is 239 g/mol. The lowest BCUT2D eigenvalue weighted by Gasteiger charge is -2.05. The molecule has 1 aromatic rings. The molecule has 0 radical (unpaired) electrons. The summed E-state index contributed by atoms with van der Waals surface area (Å²) in [6.07, 6.45) is 1.17. The van der Waals surface area contributed by atoms with Crippen LogP contribution >= 0.6 is 0 Å². The van der Waals surface area contributed by atoms with Gasteiger partial charge in [0.05, 0.1) is 18.0 Å². The van der Waals surface area contributed by atoms with Crippen LogP contribution in [0.4, 0.5) is 0 Å². The van der Waals surface area contributed by atoms with E-state index in [0.717, 1.165) is 17.8 Å². The van der Waals surface area contributed by atoms with Crippen LogP contribution in [0.2, 0.25) is 0 Å². The first-order chi connectivity index (χ1) is 8.06. The number of aryl methyl sites for hydroxylation is 1. The lowest BCUT2D eigenvalue weighted by atomic mass is 10.1. The number of ether oxygens (including phenoxy) is 1. The second-order valence-electron chi connectivity index (χ2n) is 4.35. The molecule has 0 atom stereocenters. The molecule has 1 aromatic heterocycles. The van der Waals surface area contributed by atoms with Gasteiger partial charge in [0.15, 0.2) is 0 Å². The second-order valence-corrected chi connectivity index (χ2v) is 4.35. The summed E-state index contributed by atoms with van der Waals surface area (Å²) in [7, 11) is 0. The fourth-order valence-corrected chi connectivity index (χ4v) is 1.73. The molecule has 0 aliphatic carbocycles. The molecule has 0 aliphatic rings. The number of carbonyl (C=O) groups excluding carboxylic acids is 1. The number of esters is 1. The Labute approximate surface area is 102 Å². The van der Waals surface area contributed by atoms with Crippen LogP contribution in [-0.2, 0) is 16.1 Å². The van der Waals surface area contributed by atoms with Crippen molar-refractivity contribution in [3.05, 3.63) is 11.4 Å². The van der Waals surface area contributed by atoms with E-state index in [1.165, 1.54) is 0 Å². The Morgan fingerprint density at radius 3 is 2.71 bits per heavy atom. The smallest absolute Gasteiger partial charge is 0.305 e. The second kappa shape index (κ2) is 6.37. The van der Waals surface area contributed by atoms with Crippen molar-refractivity contribution in [2.24, 2.45) is 0 Å². The molecule has 1 heterocycles. The normalized spacial score (nSPS) is 10.9. The largest absolute Gasteiger partial charge is 0.466 e. The molecule has 96 valence electrons.